The molecule has 1 aromatic carbocycles. The molecule has 1 aromatic heterocycles. The Morgan fingerprint density at radius 1 is 1.42 bits per heavy atom. The van der Waals surface area contributed by atoms with Crippen LogP contribution in [0.25, 0.3) is 10.9 Å². The zero-order valence-electron chi connectivity index (χ0n) is 13.9. The molecule has 1 aliphatic carbocycles. The van der Waals surface area contributed by atoms with Gasteiger partial charge >= 0.3 is 5.97 Å². The van der Waals surface area contributed by atoms with E-state index < -0.39 is 11.4 Å². The van der Waals surface area contributed by atoms with Crippen molar-refractivity contribution in [1.82, 2.24) is 9.88 Å². The van der Waals surface area contributed by atoms with Crippen LogP contribution >= 0.6 is 0 Å². The molecule has 0 saturated carbocycles. The first kappa shape index (κ1) is 14.3. The molecule has 2 N–H and O–H groups in total. The summed E-state index contributed by atoms with van der Waals surface area (Å²) in [4.78, 5) is 18.6. The van der Waals surface area contributed by atoms with E-state index in [2.05, 4.69) is 35.0 Å². The second-order valence-corrected chi connectivity index (χ2v) is 7.51. The third kappa shape index (κ3) is 1.59. The highest BCUT2D eigenvalue weighted by Crippen LogP contribution is 2.52. The van der Waals surface area contributed by atoms with Crippen LogP contribution in [0.3, 0.4) is 0 Å². The Morgan fingerprint density at radius 3 is 3.04 bits per heavy atom. The molecule has 0 radical (unpaired) electrons. The van der Waals surface area contributed by atoms with Crippen molar-refractivity contribution in [2.45, 2.75) is 37.6 Å². The number of H-pyrrole nitrogens is 1. The number of hydrogen-bond acceptors (Lipinski definition) is 2. The van der Waals surface area contributed by atoms with Crippen molar-refractivity contribution in [2.75, 3.05) is 13.1 Å². The van der Waals surface area contributed by atoms with Gasteiger partial charge in [-0.2, -0.15) is 0 Å². The van der Waals surface area contributed by atoms with Gasteiger partial charge in [-0.05, 0) is 36.8 Å². The van der Waals surface area contributed by atoms with Gasteiger partial charge in [0.05, 0.1) is 6.04 Å². The molecule has 2 aromatic rings. The maximum absolute atomic E-state index is 12.7. The number of fused-ring (bicyclic) bond motifs is 3. The first-order valence-electron chi connectivity index (χ1n) is 8.93. The van der Waals surface area contributed by atoms with Crippen LogP contribution in [-0.2, 0) is 16.6 Å². The van der Waals surface area contributed by atoms with Gasteiger partial charge in [0.2, 0.25) is 0 Å². The second-order valence-electron chi connectivity index (χ2n) is 7.51. The van der Waals surface area contributed by atoms with E-state index in [0.717, 1.165) is 37.1 Å². The Balaban J connectivity index is 1.84. The van der Waals surface area contributed by atoms with Gasteiger partial charge in [-0.25, -0.2) is 0 Å². The number of carboxylic acid groups (broad SMARTS) is 1. The first-order valence-corrected chi connectivity index (χ1v) is 8.93. The average Bonchev–Trinajstić information content (AvgIpc) is 2.94. The Hall–Kier alpha value is -2.07. The van der Waals surface area contributed by atoms with E-state index in [1.54, 1.807) is 0 Å². The van der Waals surface area contributed by atoms with Gasteiger partial charge in [0.25, 0.3) is 0 Å². The van der Waals surface area contributed by atoms with Crippen LogP contribution in [-0.4, -0.2) is 40.1 Å². The topological polar surface area (TPSA) is 56.3 Å². The number of aromatic amines is 1. The Labute approximate surface area is 141 Å². The molecular formula is C20H22N2O2. The molecule has 6 rings (SSSR count). The highest BCUT2D eigenvalue weighted by Gasteiger charge is 2.59. The van der Waals surface area contributed by atoms with Gasteiger partial charge in [0.15, 0.2) is 0 Å². The zero-order chi connectivity index (χ0) is 16.5. The van der Waals surface area contributed by atoms with Crippen LogP contribution in [0.4, 0.5) is 0 Å². The number of para-hydroxylation sites is 1. The quantitative estimate of drug-likeness (QED) is 0.836. The van der Waals surface area contributed by atoms with Crippen molar-refractivity contribution < 1.29 is 9.90 Å². The van der Waals surface area contributed by atoms with Crippen molar-refractivity contribution in [3.8, 4) is 0 Å². The monoisotopic (exact) mass is 322 g/mol. The van der Waals surface area contributed by atoms with Crippen LogP contribution in [0.1, 0.15) is 31.0 Å². The fourth-order valence-corrected chi connectivity index (χ4v) is 5.54. The standard InChI is InChI=1S/C20H22N2O2/c1-2-13-9-12-10-20(19(23)24)17-15(7-8-22(11-12)18(13)20)14-5-3-4-6-16(14)21-17/h3-6,9,12,18,21H,2,7-8,10-11H2,1H3,(H,23,24)/t12-,18+,20+/m1/s1. The van der Waals surface area contributed by atoms with Gasteiger partial charge in [0.1, 0.15) is 5.41 Å². The number of carboxylic acids is 1. The molecular weight excluding hydrogens is 300 g/mol. The van der Waals surface area contributed by atoms with Crippen LogP contribution in [0.5, 0.6) is 0 Å². The summed E-state index contributed by atoms with van der Waals surface area (Å²) in [6, 6.07) is 8.25. The molecule has 4 atom stereocenters. The number of piperidine rings is 1. The molecule has 3 aliphatic heterocycles. The molecule has 4 heteroatoms. The number of hydrogen-bond donors (Lipinski definition) is 2. The summed E-state index contributed by atoms with van der Waals surface area (Å²) in [5, 5.41) is 11.6. The number of aromatic nitrogens is 1. The molecule has 0 spiro atoms. The summed E-state index contributed by atoms with van der Waals surface area (Å²) < 4.78 is 0. The summed E-state index contributed by atoms with van der Waals surface area (Å²) in [5.74, 6) is -0.325. The van der Waals surface area contributed by atoms with Gasteiger partial charge in [-0.1, -0.05) is 36.8 Å². The molecule has 4 nitrogen and oxygen atoms in total. The minimum absolute atomic E-state index is 0.000637. The van der Waals surface area contributed by atoms with Gasteiger partial charge in [0, 0.05) is 29.7 Å². The number of carbonyl (C=O) groups is 1. The van der Waals surface area contributed by atoms with Gasteiger partial charge < -0.3 is 10.1 Å². The van der Waals surface area contributed by atoms with Crippen LogP contribution < -0.4 is 0 Å². The van der Waals surface area contributed by atoms with Crippen molar-refractivity contribution in [3.05, 3.63) is 47.2 Å². The van der Waals surface area contributed by atoms with E-state index in [1.165, 1.54) is 16.5 Å². The predicted molar refractivity (Wildman–Crippen MR) is 93.2 cm³/mol. The number of benzene rings is 1. The molecule has 1 unspecified atom stereocenters. The summed E-state index contributed by atoms with van der Waals surface area (Å²) in [5.41, 5.74) is 3.74. The zero-order valence-corrected chi connectivity index (χ0v) is 13.9. The van der Waals surface area contributed by atoms with Gasteiger partial charge in [-0.3, -0.25) is 9.69 Å². The minimum atomic E-state index is -0.826. The number of nitrogens with one attached hydrogen (secondary N) is 1. The molecule has 0 amide bonds. The van der Waals surface area contributed by atoms with Gasteiger partial charge in [-0.15, -0.1) is 0 Å². The first-order chi connectivity index (χ1) is 11.6. The van der Waals surface area contributed by atoms with E-state index in [1.807, 2.05) is 12.1 Å². The van der Waals surface area contributed by atoms with Crippen molar-refractivity contribution in [1.29, 1.82) is 0 Å². The molecule has 4 bridgehead atoms. The molecule has 4 heterocycles. The maximum Gasteiger partial charge on any atom is 0.317 e. The smallest absolute Gasteiger partial charge is 0.317 e. The van der Waals surface area contributed by atoms with Crippen molar-refractivity contribution >= 4 is 16.9 Å². The molecule has 4 aliphatic rings. The molecule has 24 heavy (non-hydrogen) atoms. The molecule has 124 valence electrons. The normalized spacial score (nSPS) is 33.9. The van der Waals surface area contributed by atoms with E-state index in [4.69, 9.17) is 0 Å². The van der Waals surface area contributed by atoms with Crippen molar-refractivity contribution in [3.63, 3.8) is 0 Å². The lowest BCUT2D eigenvalue weighted by Crippen LogP contribution is -2.63. The maximum atomic E-state index is 12.7. The average molecular weight is 322 g/mol. The Kier molecular flexibility index (Phi) is 2.82. The van der Waals surface area contributed by atoms with Crippen molar-refractivity contribution in [2.24, 2.45) is 5.92 Å². The second kappa shape index (κ2) is 4.73. The third-order valence-electron chi connectivity index (χ3n) is 6.38. The summed E-state index contributed by atoms with van der Waals surface area (Å²) in [6.07, 6.45) is 4.93. The molecule has 1 saturated heterocycles. The number of rotatable bonds is 2. The lowest BCUT2D eigenvalue weighted by molar-refractivity contribution is -0.150. The van der Waals surface area contributed by atoms with Crippen LogP contribution in [0, 0.1) is 5.92 Å². The van der Waals surface area contributed by atoms with Crippen LogP contribution in [0.15, 0.2) is 35.9 Å². The lowest BCUT2D eigenvalue weighted by Gasteiger charge is -2.53. The van der Waals surface area contributed by atoms with E-state index in [-0.39, 0.29) is 6.04 Å². The molecule has 1 fully saturated rings. The highest BCUT2D eigenvalue weighted by molar-refractivity contribution is 5.91. The third-order valence-corrected chi connectivity index (χ3v) is 6.38. The SMILES string of the molecule is CCC1=C[C@H]2CN3CCc4c([nH]c5ccccc45)[C@@](C(=O)O)(C2)[C@H]13. The lowest BCUT2D eigenvalue weighted by atomic mass is 9.60. The largest absolute Gasteiger partial charge is 0.480 e. The predicted octanol–water partition coefficient (Wildman–Crippen LogP) is 3.09. The minimum Gasteiger partial charge on any atom is -0.480 e. The fraction of sp³-hybridized carbons (Fsp3) is 0.450. The Bertz CT molecular complexity index is 881. The summed E-state index contributed by atoms with van der Waals surface area (Å²) >= 11 is 0. The Morgan fingerprint density at radius 2 is 2.25 bits per heavy atom. The summed E-state index contributed by atoms with van der Waals surface area (Å²) in [6.45, 7) is 4.11. The van der Waals surface area contributed by atoms with E-state index >= 15 is 0 Å². The van der Waals surface area contributed by atoms with E-state index in [9.17, 15) is 9.90 Å². The highest BCUT2D eigenvalue weighted by atomic mass is 16.4. The van der Waals surface area contributed by atoms with E-state index in [0.29, 0.717) is 12.3 Å². The number of nitrogens with zero attached hydrogens (tertiary/aromatic N) is 1. The number of aliphatic carboxylic acids is 1. The van der Waals surface area contributed by atoms with Crippen LogP contribution in [0.2, 0.25) is 0 Å². The summed E-state index contributed by atoms with van der Waals surface area (Å²) in [7, 11) is 0. The fourth-order valence-electron chi connectivity index (χ4n) is 5.54.